The first-order chi connectivity index (χ1) is 11.6. The summed E-state index contributed by atoms with van der Waals surface area (Å²) in [5.74, 6) is 0.294. The van der Waals surface area contributed by atoms with E-state index in [-0.39, 0.29) is 17.5 Å². The number of carbonyl (C=O) groups excluding carboxylic acids is 1. The van der Waals surface area contributed by atoms with Crippen LogP contribution in [0.25, 0.3) is 6.08 Å². The second-order valence-electron chi connectivity index (χ2n) is 5.70. The van der Waals surface area contributed by atoms with Crippen molar-refractivity contribution in [2.24, 2.45) is 7.05 Å². The average Bonchev–Trinajstić information content (AvgIpc) is 3.02. The molecule has 2 aromatic rings. The van der Waals surface area contributed by atoms with Crippen LogP contribution in [0.4, 0.5) is 0 Å². The number of aryl methyl sites for hydroxylation is 1. The quantitative estimate of drug-likeness (QED) is 0.605. The van der Waals surface area contributed by atoms with Crippen molar-refractivity contribution in [1.29, 1.82) is 5.26 Å². The first-order valence-corrected chi connectivity index (χ1v) is 7.99. The van der Waals surface area contributed by atoms with Crippen LogP contribution in [0.1, 0.15) is 37.2 Å². The minimum atomic E-state index is -0.289. The van der Waals surface area contributed by atoms with Crippen molar-refractivity contribution in [3.8, 4) is 6.07 Å². The predicted octanol–water partition coefficient (Wildman–Crippen LogP) is 3.33. The van der Waals surface area contributed by atoms with Crippen LogP contribution < -0.4 is 0 Å². The van der Waals surface area contributed by atoms with Crippen molar-refractivity contribution >= 4 is 12.0 Å². The molecule has 0 aliphatic heterocycles. The molecule has 0 saturated carbocycles. The summed E-state index contributed by atoms with van der Waals surface area (Å²) in [6.45, 7) is 2.09. The Balaban J connectivity index is 2.30. The highest BCUT2D eigenvalue weighted by Gasteiger charge is 2.24. The fraction of sp³-hybridized carbons (Fsp3) is 0.316. The highest BCUT2D eigenvalue weighted by molar-refractivity contribution is 6.01. The van der Waals surface area contributed by atoms with E-state index in [1.807, 2.05) is 43.4 Å². The van der Waals surface area contributed by atoms with Crippen LogP contribution >= 0.6 is 0 Å². The number of likely N-dealkylation sites (N-methyl/N-ethyl adjacent to an activating group) is 1. The Kier molecular flexibility index (Phi) is 5.91. The summed E-state index contributed by atoms with van der Waals surface area (Å²) >= 11 is 0. The van der Waals surface area contributed by atoms with Gasteiger partial charge in [0.05, 0.1) is 6.04 Å². The average molecular weight is 322 g/mol. The number of hydrogen-bond acceptors (Lipinski definition) is 3. The van der Waals surface area contributed by atoms with Gasteiger partial charge >= 0.3 is 0 Å². The van der Waals surface area contributed by atoms with Gasteiger partial charge < -0.3 is 9.47 Å². The molecule has 1 aromatic heterocycles. The number of rotatable bonds is 6. The SMILES string of the molecule is CCCC(c1ccccc1)N(C)C(=O)/C(C#N)=C/c1nccn1C. The lowest BCUT2D eigenvalue weighted by Gasteiger charge is -2.28. The standard InChI is InChI=1S/C19H22N4O/c1-4-8-17(15-9-6-5-7-10-15)23(3)19(24)16(14-20)13-18-21-11-12-22(18)2/h5-7,9-13,17H,4,8H2,1-3H3/b16-13+. The second kappa shape index (κ2) is 8.11. The Bertz CT molecular complexity index is 755. The summed E-state index contributed by atoms with van der Waals surface area (Å²) in [5, 5.41) is 9.41. The molecule has 0 aliphatic carbocycles. The first-order valence-electron chi connectivity index (χ1n) is 7.99. The maximum atomic E-state index is 12.8. The zero-order valence-electron chi connectivity index (χ0n) is 14.3. The Morgan fingerprint density at radius 2 is 2.12 bits per heavy atom. The maximum absolute atomic E-state index is 12.8. The molecule has 1 aromatic carbocycles. The van der Waals surface area contributed by atoms with Crippen molar-refractivity contribution in [3.63, 3.8) is 0 Å². The van der Waals surface area contributed by atoms with Gasteiger partial charge in [0, 0.05) is 32.6 Å². The van der Waals surface area contributed by atoms with Crippen molar-refractivity contribution in [1.82, 2.24) is 14.5 Å². The predicted molar refractivity (Wildman–Crippen MR) is 93.7 cm³/mol. The minimum Gasteiger partial charge on any atom is -0.335 e. The molecule has 0 bridgehead atoms. The number of nitrogens with zero attached hydrogens (tertiary/aromatic N) is 4. The van der Waals surface area contributed by atoms with Gasteiger partial charge in [-0.15, -0.1) is 0 Å². The summed E-state index contributed by atoms with van der Waals surface area (Å²) in [7, 11) is 3.57. The molecule has 1 atom stereocenters. The van der Waals surface area contributed by atoms with Crippen LogP contribution in [0.3, 0.4) is 0 Å². The highest BCUT2D eigenvalue weighted by atomic mass is 16.2. The van der Waals surface area contributed by atoms with Crippen molar-refractivity contribution < 1.29 is 4.79 Å². The van der Waals surface area contributed by atoms with Crippen LogP contribution in [-0.4, -0.2) is 27.4 Å². The monoisotopic (exact) mass is 322 g/mol. The van der Waals surface area contributed by atoms with Crippen molar-refractivity contribution in [2.75, 3.05) is 7.05 Å². The Morgan fingerprint density at radius 3 is 2.67 bits per heavy atom. The van der Waals surface area contributed by atoms with Crippen LogP contribution in [-0.2, 0) is 11.8 Å². The molecular weight excluding hydrogens is 300 g/mol. The molecular formula is C19H22N4O. The van der Waals surface area contributed by atoms with E-state index in [9.17, 15) is 10.1 Å². The van der Waals surface area contributed by atoms with Gasteiger partial charge in [-0.3, -0.25) is 4.79 Å². The Hall–Kier alpha value is -2.87. The van der Waals surface area contributed by atoms with Crippen LogP contribution in [0, 0.1) is 11.3 Å². The topological polar surface area (TPSA) is 61.9 Å². The van der Waals surface area contributed by atoms with Crippen LogP contribution in [0.15, 0.2) is 48.3 Å². The molecule has 0 saturated heterocycles. The van der Waals surface area contributed by atoms with Gasteiger partial charge in [0.15, 0.2) is 0 Å². The van der Waals surface area contributed by atoms with Crippen LogP contribution in [0.2, 0.25) is 0 Å². The number of carbonyl (C=O) groups is 1. The molecule has 0 N–H and O–H groups in total. The molecule has 0 radical (unpaired) electrons. The summed E-state index contributed by atoms with van der Waals surface area (Å²) in [4.78, 5) is 18.6. The van der Waals surface area contributed by atoms with E-state index in [0.29, 0.717) is 5.82 Å². The lowest BCUT2D eigenvalue weighted by atomic mass is 10.0. The third kappa shape index (κ3) is 3.90. The van der Waals surface area contributed by atoms with Crippen LogP contribution in [0.5, 0.6) is 0 Å². The Labute approximate surface area is 142 Å². The van der Waals surface area contributed by atoms with E-state index in [1.165, 1.54) is 6.08 Å². The molecule has 24 heavy (non-hydrogen) atoms. The van der Waals surface area contributed by atoms with Gasteiger partial charge in [-0.2, -0.15) is 5.26 Å². The normalized spacial score (nSPS) is 12.5. The van der Waals surface area contributed by atoms with Gasteiger partial charge in [-0.1, -0.05) is 43.7 Å². The Morgan fingerprint density at radius 1 is 1.42 bits per heavy atom. The number of aromatic nitrogens is 2. The molecule has 1 amide bonds. The molecule has 124 valence electrons. The first kappa shape index (κ1) is 17.5. The van der Waals surface area contributed by atoms with Gasteiger partial charge in [0.2, 0.25) is 0 Å². The number of amides is 1. The van der Waals surface area contributed by atoms with E-state index in [4.69, 9.17) is 0 Å². The maximum Gasteiger partial charge on any atom is 0.264 e. The fourth-order valence-electron chi connectivity index (χ4n) is 2.65. The molecule has 0 aliphatic rings. The molecule has 1 heterocycles. The molecule has 5 heteroatoms. The fourth-order valence-corrected chi connectivity index (χ4v) is 2.65. The largest absolute Gasteiger partial charge is 0.335 e. The van der Waals surface area contributed by atoms with Gasteiger partial charge in [-0.25, -0.2) is 4.98 Å². The summed E-state index contributed by atoms with van der Waals surface area (Å²) in [6.07, 6.45) is 6.74. The molecule has 1 unspecified atom stereocenters. The van der Waals surface area contributed by atoms with Gasteiger partial charge in [0.25, 0.3) is 5.91 Å². The van der Waals surface area contributed by atoms with Crippen molar-refractivity contribution in [2.45, 2.75) is 25.8 Å². The van der Waals surface area contributed by atoms with Gasteiger partial charge in [-0.05, 0) is 12.0 Å². The summed E-state index contributed by atoms with van der Waals surface area (Å²) < 4.78 is 1.77. The highest BCUT2D eigenvalue weighted by Crippen LogP contribution is 2.26. The summed E-state index contributed by atoms with van der Waals surface area (Å²) in [6, 6.07) is 11.9. The third-order valence-electron chi connectivity index (χ3n) is 4.02. The lowest BCUT2D eigenvalue weighted by molar-refractivity contribution is -0.127. The second-order valence-corrected chi connectivity index (χ2v) is 5.70. The zero-order valence-corrected chi connectivity index (χ0v) is 14.3. The van der Waals surface area contributed by atoms with Gasteiger partial charge in [0.1, 0.15) is 17.5 Å². The molecule has 0 fully saturated rings. The van der Waals surface area contributed by atoms with E-state index >= 15 is 0 Å². The number of nitriles is 1. The number of benzene rings is 1. The minimum absolute atomic E-state index is 0.0539. The number of hydrogen-bond donors (Lipinski definition) is 0. The molecule has 0 spiro atoms. The molecule has 5 nitrogen and oxygen atoms in total. The zero-order chi connectivity index (χ0) is 17.5. The van der Waals surface area contributed by atoms with E-state index in [2.05, 4.69) is 11.9 Å². The van der Waals surface area contributed by atoms with E-state index in [0.717, 1.165) is 18.4 Å². The number of imidazole rings is 1. The van der Waals surface area contributed by atoms with E-state index in [1.54, 1.807) is 28.9 Å². The van der Waals surface area contributed by atoms with Crippen molar-refractivity contribution in [3.05, 3.63) is 59.7 Å². The van der Waals surface area contributed by atoms with E-state index < -0.39 is 0 Å². The molecule has 2 rings (SSSR count). The smallest absolute Gasteiger partial charge is 0.264 e. The lowest BCUT2D eigenvalue weighted by Crippen LogP contribution is -2.32. The summed E-state index contributed by atoms with van der Waals surface area (Å²) in [5.41, 5.74) is 1.16. The third-order valence-corrected chi connectivity index (χ3v) is 4.02.